The van der Waals surface area contributed by atoms with E-state index in [2.05, 4.69) is 0 Å². The van der Waals surface area contributed by atoms with Crippen LogP contribution in [0, 0.1) is 5.92 Å². The number of ether oxygens (including phenoxy) is 1. The van der Waals surface area contributed by atoms with Crippen molar-refractivity contribution in [3.63, 3.8) is 0 Å². The molecule has 1 aliphatic rings. The Morgan fingerprint density at radius 3 is 2.58 bits per heavy atom. The molecule has 2 nitrogen and oxygen atoms in total. The van der Waals surface area contributed by atoms with Gasteiger partial charge in [-0.25, -0.2) is 0 Å². The van der Waals surface area contributed by atoms with E-state index in [9.17, 15) is 4.79 Å². The van der Waals surface area contributed by atoms with Gasteiger partial charge in [0.25, 0.3) is 0 Å². The molecule has 70 valence electrons. The summed E-state index contributed by atoms with van der Waals surface area (Å²) in [5, 5.41) is 0. The molecule has 0 N–H and O–H groups in total. The topological polar surface area (TPSA) is 26.3 Å². The van der Waals surface area contributed by atoms with Crippen molar-refractivity contribution in [2.75, 3.05) is 13.7 Å². The van der Waals surface area contributed by atoms with Crippen LogP contribution in [0.25, 0.3) is 0 Å². The Kier molecular flexibility index (Phi) is 4.30. The summed E-state index contributed by atoms with van der Waals surface area (Å²) in [5.41, 5.74) is 0. The van der Waals surface area contributed by atoms with Gasteiger partial charge in [-0.15, -0.1) is 0 Å². The van der Waals surface area contributed by atoms with Crippen LogP contribution >= 0.6 is 0 Å². The van der Waals surface area contributed by atoms with Crippen LogP contribution in [0.1, 0.15) is 38.5 Å². The highest BCUT2D eigenvalue weighted by atomic mass is 16.5. The van der Waals surface area contributed by atoms with Gasteiger partial charge in [0, 0.05) is 19.4 Å². The van der Waals surface area contributed by atoms with E-state index in [1.807, 2.05) is 0 Å². The van der Waals surface area contributed by atoms with Crippen LogP contribution in [0.15, 0.2) is 0 Å². The lowest BCUT2D eigenvalue weighted by Crippen LogP contribution is -2.18. The van der Waals surface area contributed by atoms with E-state index in [1.165, 1.54) is 19.3 Å². The van der Waals surface area contributed by atoms with Gasteiger partial charge in [-0.1, -0.05) is 19.3 Å². The van der Waals surface area contributed by atoms with Gasteiger partial charge in [0.1, 0.15) is 5.78 Å². The van der Waals surface area contributed by atoms with Gasteiger partial charge >= 0.3 is 0 Å². The van der Waals surface area contributed by atoms with Crippen molar-refractivity contribution in [2.24, 2.45) is 5.92 Å². The average molecular weight is 170 g/mol. The summed E-state index contributed by atoms with van der Waals surface area (Å²) in [5.74, 6) is 0.769. The van der Waals surface area contributed by atoms with Gasteiger partial charge in [-0.2, -0.15) is 0 Å². The molecule has 0 aromatic carbocycles. The van der Waals surface area contributed by atoms with E-state index >= 15 is 0 Å². The van der Waals surface area contributed by atoms with Gasteiger partial charge in [-0.05, 0) is 12.8 Å². The molecule has 0 saturated heterocycles. The highest BCUT2D eigenvalue weighted by molar-refractivity contribution is 5.81. The van der Waals surface area contributed by atoms with E-state index in [1.54, 1.807) is 7.11 Å². The monoisotopic (exact) mass is 170 g/mol. The van der Waals surface area contributed by atoms with Crippen molar-refractivity contribution in [3.8, 4) is 0 Å². The van der Waals surface area contributed by atoms with Crippen molar-refractivity contribution >= 4 is 5.78 Å². The number of rotatable bonds is 4. The first-order valence-electron chi connectivity index (χ1n) is 4.86. The molecule has 1 rings (SSSR count). The number of ketones is 1. The number of Topliss-reactive ketones (excluding diaryl/α,β-unsaturated/α-hetero) is 1. The van der Waals surface area contributed by atoms with Gasteiger partial charge in [0.2, 0.25) is 0 Å². The average Bonchev–Trinajstić information content (AvgIpc) is 2.15. The molecule has 0 atom stereocenters. The maximum Gasteiger partial charge on any atom is 0.138 e. The Morgan fingerprint density at radius 2 is 2.00 bits per heavy atom. The van der Waals surface area contributed by atoms with Gasteiger partial charge in [0.05, 0.1) is 6.61 Å². The van der Waals surface area contributed by atoms with Crippen LogP contribution in [0.3, 0.4) is 0 Å². The Balaban J connectivity index is 2.20. The first kappa shape index (κ1) is 9.72. The lowest BCUT2D eigenvalue weighted by atomic mass is 9.85. The summed E-state index contributed by atoms with van der Waals surface area (Å²) < 4.78 is 4.88. The Morgan fingerprint density at radius 1 is 1.33 bits per heavy atom. The SMILES string of the molecule is COCCC(=O)C1CCCCC1. The number of hydrogen-bond acceptors (Lipinski definition) is 2. The first-order chi connectivity index (χ1) is 5.84. The van der Waals surface area contributed by atoms with E-state index in [0.717, 1.165) is 12.8 Å². The van der Waals surface area contributed by atoms with Crippen LogP contribution < -0.4 is 0 Å². The summed E-state index contributed by atoms with van der Waals surface area (Å²) in [7, 11) is 1.65. The van der Waals surface area contributed by atoms with Crippen molar-refractivity contribution in [1.29, 1.82) is 0 Å². The number of methoxy groups -OCH3 is 1. The fraction of sp³-hybridized carbons (Fsp3) is 0.900. The van der Waals surface area contributed by atoms with Crippen LogP contribution in [0.2, 0.25) is 0 Å². The van der Waals surface area contributed by atoms with E-state index in [-0.39, 0.29) is 0 Å². The largest absolute Gasteiger partial charge is 0.384 e. The molecule has 2 heteroatoms. The maximum atomic E-state index is 11.5. The van der Waals surface area contributed by atoms with Crippen molar-refractivity contribution in [2.45, 2.75) is 38.5 Å². The lowest BCUT2D eigenvalue weighted by molar-refractivity contribution is -0.124. The minimum absolute atomic E-state index is 0.355. The molecule has 0 unspecified atom stereocenters. The molecule has 0 spiro atoms. The van der Waals surface area contributed by atoms with E-state index in [0.29, 0.717) is 24.7 Å². The minimum atomic E-state index is 0.355. The summed E-state index contributed by atoms with van der Waals surface area (Å²) in [4.78, 5) is 11.5. The third-order valence-corrected chi connectivity index (χ3v) is 2.61. The lowest BCUT2D eigenvalue weighted by Gasteiger charge is -2.19. The molecule has 1 aliphatic carbocycles. The standard InChI is InChI=1S/C10H18O2/c1-12-8-7-10(11)9-5-3-2-4-6-9/h9H,2-8H2,1H3. The summed E-state index contributed by atoms with van der Waals surface area (Å²) in [6.07, 6.45) is 6.63. The van der Waals surface area contributed by atoms with Crippen LogP contribution in [0.5, 0.6) is 0 Å². The molecule has 1 fully saturated rings. The van der Waals surface area contributed by atoms with Gasteiger partial charge < -0.3 is 4.74 Å². The molecule has 12 heavy (non-hydrogen) atoms. The minimum Gasteiger partial charge on any atom is -0.384 e. The number of hydrogen-bond donors (Lipinski definition) is 0. The summed E-state index contributed by atoms with van der Waals surface area (Å²) in [6, 6.07) is 0. The molecule has 0 aromatic heterocycles. The fourth-order valence-corrected chi connectivity index (χ4v) is 1.83. The number of carbonyl (C=O) groups is 1. The molecule has 1 saturated carbocycles. The molecular formula is C10H18O2. The zero-order valence-electron chi connectivity index (χ0n) is 7.84. The highest BCUT2D eigenvalue weighted by Gasteiger charge is 2.19. The third kappa shape index (κ3) is 2.94. The zero-order valence-corrected chi connectivity index (χ0v) is 7.84. The van der Waals surface area contributed by atoms with Crippen LogP contribution in [0.4, 0.5) is 0 Å². The normalized spacial score (nSPS) is 19.4. The van der Waals surface area contributed by atoms with Gasteiger partial charge in [0.15, 0.2) is 0 Å². The Hall–Kier alpha value is -0.370. The Bertz CT molecular complexity index is 137. The van der Waals surface area contributed by atoms with Crippen molar-refractivity contribution in [3.05, 3.63) is 0 Å². The van der Waals surface area contributed by atoms with Crippen molar-refractivity contribution < 1.29 is 9.53 Å². The van der Waals surface area contributed by atoms with Crippen LogP contribution in [-0.2, 0) is 9.53 Å². The van der Waals surface area contributed by atoms with Gasteiger partial charge in [-0.3, -0.25) is 4.79 Å². The first-order valence-corrected chi connectivity index (χ1v) is 4.86. The second-order valence-corrected chi connectivity index (χ2v) is 3.54. The zero-order chi connectivity index (χ0) is 8.81. The van der Waals surface area contributed by atoms with Crippen molar-refractivity contribution in [1.82, 2.24) is 0 Å². The second kappa shape index (κ2) is 5.31. The smallest absolute Gasteiger partial charge is 0.138 e. The predicted octanol–water partition coefficient (Wildman–Crippen LogP) is 2.17. The Labute approximate surface area is 74.3 Å². The quantitative estimate of drug-likeness (QED) is 0.646. The molecule has 0 amide bonds. The van der Waals surface area contributed by atoms with E-state index < -0.39 is 0 Å². The molecular weight excluding hydrogens is 152 g/mol. The summed E-state index contributed by atoms with van der Waals surface area (Å²) >= 11 is 0. The maximum absolute atomic E-state index is 11.5. The molecule has 0 aliphatic heterocycles. The molecule has 0 heterocycles. The fourth-order valence-electron chi connectivity index (χ4n) is 1.83. The second-order valence-electron chi connectivity index (χ2n) is 3.54. The molecule has 0 bridgehead atoms. The third-order valence-electron chi connectivity index (χ3n) is 2.61. The highest BCUT2D eigenvalue weighted by Crippen LogP contribution is 2.24. The molecule has 0 radical (unpaired) electrons. The van der Waals surface area contributed by atoms with Crippen LogP contribution in [-0.4, -0.2) is 19.5 Å². The molecule has 0 aromatic rings. The number of carbonyl (C=O) groups excluding carboxylic acids is 1. The van der Waals surface area contributed by atoms with E-state index in [4.69, 9.17) is 4.74 Å². The summed E-state index contributed by atoms with van der Waals surface area (Å²) in [6.45, 7) is 0.593. The predicted molar refractivity (Wildman–Crippen MR) is 48.1 cm³/mol.